The Balaban J connectivity index is 2.21. The Bertz CT molecular complexity index is 256. The van der Waals surface area contributed by atoms with Gasteiger partial charge in [0, 0.05) is 0 Å². The number of hydrogen-bond donors (Lipinski definition) is 0. The second kappa shape index (κ2) is 3.30. The van der Waals surface area contributed by atoms with Crippen LogP contribution in [0.15, 0.2) is 24.3 Å². The Morgan fingerprint density at radius 3 is 2.58 bits per heavy atom. The van der Waals surface area contributed by atoms with E-state index in [0.29, 0.717) is 0 Å². The molecule has 2 rings (SSSR count). The van der Waals surface area contributed by atoms with E-state index in [9.17, 15) is 0 Å². The van der Waals surface area contributed by atoms with Crippen LogP contribution in [0.5, 0.6) is 0 Å². The average molecular weight is 158 g/mol. The van der Waals surface area contributed by atoms with Crippen LogP contribution in [-0.2, 0) is 0 Å². The molecule has 0 heteroatoms. The molecule has 1 saturated carbocycles. The van der Waals surface area contributed by atoms with E-state index in [2.05, 4.69) is 18.2 Å². The van der Waals surface area contributed by atoms with Crippen molar-refractivity contribution < 1.29 is 0 Å². The van der Waals surface area contributed by atoms with Crippen LogP contribution in [-0.4, -0.2) is 0 Å². The van der Waals surface area contributed by atoms with Gasteiger partial charge in [0.1, 0.15) is 0 Å². The lowest BCUT2D eigenvalue weighted by Gasteiger charge is -2.09. The second-order valence-electron chi connectivity index (χ2n) is 3.65. The standard InChI is InChI=1S/C12H14/c1-10-5-4-8-12(9-10)11-6-2-3-7-11/h1,4-5,8-9,11H,2-3,6-7H2. The van der Waals surface area contributed by atoms with Crippen molar-refractivity contribution in [3.8, 4) is 0 Å². The first-order chi connectivity index (χ1) is 5.86. The summed E-state index contributed by atoms with van der Waals surface area (Å²) >= 11 is 0. The summed E-state index contributed by atoms with van der Waals surface area (Å²) in [5.74, 6) is 0.786. The third kappa shape index (κ3) is 1.52. The van der Waals surface area contributed by atoms with E-state index >= 15 is 0 Å². The van der Waals surface area contributed by atoms with Crippen molar-refractivity contribution >= 4 is 0 Å². The minimum Gasteiger partial charge on any atom is -0.0617 e. The monoisotopic (exact) mass is 158 g/mol. The number of rotatable bonds is 1. The maximum atomic E-state index is 5.73. The van der Waals surface area contributed by atoms with Gasteiger partial charge in [-0.25, -0.2) is 0 Å². The van der Waals surface area contributed by atoms with Crippen LogP contribution in [0.25, 0.3) is 0 Å². The van der Waals surface area contributed by atoms with Crippen LogP contribution in [0.1, 0.15) is 42.7 Å². The van der Waals surface area contributed by atoms with Gasteiger partial charge < -0.3 is 0 Å². The van der Waals surface area contributed by atoms with E-state index in [1.807, 2.05) is 6.07 Å². The zero-order valence-electron chi connectivity index (χ0n) is 7.29. The zero-order chi connectivity index (χ0) is 8.39. The van der Waals surface area contributed by atoms with E-state index < -0.39 is 0 Å². The molecular weight excluding hydrogens is 144 g/mol. The molecular formula is C12H14. The molecule has 0 amide bonds. The lowest BCUT2D eigenvalue weighted by molar-refractivity contribution is 0.723. The summed E-state index contributed by atoms with van der Waals surface area (Å²) in [6.07, 6.45) is 5.48. The van der Waals surface area contributed by atoms with Crippen LogP contribution in [0.4, 0.5) is 0 Å². The molecule has 1 aromatic rings. The summed E-state index contributed by atoms with van der Waals surface area (Å²) in [5.41, 5.74) is 2.34. The molecule has 0 unspecified atom stereocenters. The van der Waals surface area contributed by atoms with E-state index in [0.717, 1.165) is 11.5 Å². The molecule has 1 fully saturated rings. The largest absolute Gasteiger partial charge is 0.0617 e. The fourth-order valence-corrected chi connectivity index (χ4v) is 2.07. The van der Waals surface area contributed by atoms with Crippen molar-refractivity contribution in [2.45, 2.75) is 31.6 Å². The van der Waals surface area contributed by atoms with E-state index in [1.54, 1.807) is 0 Å². The van der Waals surface area contributed by atoms with Crippen LogP contribution >= 0.6 is 0 Å². The maximum Gasteiger partial charge on any atom is -0.00119 e. The molecule has 62 valence electrons. The summed E-state index contributed by atoms with van der Waals surface area (Å²) in [6, 6.07) is 8.34. The minimum absolute atomic E-state index is 0.786. The van der Waals surface area contributed by atoms with E-state index in [4.69, 9.17) is 6.92 Å². The summed E-state index contributed by atoms with van der Waals surface area (Å²) < 4.78 is 0. The molecule has 1 aliphatic carbocycles. The topological polar surface area (TPSA) is 0 Å². The summed E-state index contributed by atoms with van der Waals surface area (Å²) in [6.45, 7) is 5.73. The zero-order valence-corrected chi connectivity index (χ0v) is 7.29. The molecule has 0 saturated heterocycles. The van der Waals surface area contributed by atoms with Gasteiger partial charge in [-0.2, -0.15) is 0 Å². The van der Waals surface area contributed by atoms with E-state index in [1.165, 1.54) is 31.2 Å². The van der Waals surface area contributed by atoms with Crippen molar-refractivity contribution in [3.63, 3.8) is 0 Å². The van der Waals surface area contributed by atoms with Crippen LogP contribution in [0.3, 0.4) is 0 Å². The normalized spacial score (nSPS) is 18.4. The molecule has 0 atom stereocenters. The van der Waals surface area contributed by atoms with Gasteiger partial charge in [-0.3, -0.25) is 0 Å². The van der Waals surface area contributed by atoms with Gasteiger partial charge in [-0.15, -0.1) is 0 Å². The summed E-state index contributed by atoms with van der Waals surface area (Å²) in [5, 5.41) is 0. The lowest BCUT2D eigenvalue weighted by Crippen LogP contribution is -1.91. The third-order valence-electron chi connectivity index (χ3n) is 2.74. The first-order valence-corrected chi connectivity index (χ1v) is 4.72. The highest BCUT2D eigenvalue weighted by Gasteiger charge is 2.16. The van der Waals surface area contributed by atoms with Gasteiger partial charge in [0.2, 0.25) is 0 Å². The Morgan fingerprint density at radius 1 is 1.17 bits per heavy atom. The maximum absolute atomic E-state index is 5.73. The average Bonchev–Trinajstić information content (AvgIpc) is 2.56. The number of benzene rings is 1. The highest BCUT2D eigenvalue weighted by molar-refractivity contribution is 5.28. The van der Waals surface area contributed by atoms with Crippen molar-refractivity contribution in [1.29, 1.82) is 0 Å². The summed E-state index contributed by atoms with van der Waals surface area (Å²) in [4.78, 5) is 0. The van der Waals surface area contributed by atoms with Crippen LogP contribution < -0.4 is 0 Å². The molecule has 1 aliphatic rings. The lowest BCUT2D eigenvalue weighted by atomic mass is 9.96. The highest BCUT2D eigenvalue weighted by Crippen LogP contribution is 2.33. The third-order valence-corrected chi connectivity index (χ3v) is 2.74. The van der Waals surface area contributed by atoms with E-state index in [-0.39, 0.29) is 0 Å². The SMILES string of the molecule is [CH]c1cccc(C2CCCC2)c1. The Hall–Kier alpha value is -0.780. The van der Waals surface area contributed by atoms with Gasteiger partial charge in [0.05, 0.1) is 0 Å². The predicted molar refractivity (Wildman–Crippen MR) is 51.1 cm³/mol. The Kier molecular flexibility index (Phi) is 2.16. The van der Waals surface area contributed by atoms with Crippen molar-refractivity contribution in [1.82, 2.24) is 0 Å². The highest BCUT2D eigenvalue weighted by atomic mass is 14.2. The predicted octanol–water partition coefficient (Wildman–Crippen LogP) is 3.40. The fourth-order valence-electron chi connectivity index (χ4n) is 2.07. The Labute approximate surface area is 74.6 Å². The van der Waals surface area contributed by atoms with Crippen molar-refractivity contribution in [2.75, 3.05) is 0 Å². The summed E-state index contributed by atoms with van der Waals surface area (Å²) in [7, 11) is 0. The quantitative estimate of drug-likeness (QED) is 0.587. The molecule has 0 aliphatic heterocycles. The molecule has 1 aromatic carbocycles. The fraction of sp³-hybridized carbons (Fsp3) is 0.417. The molecule has 0 nitrogen and oxygen atoms in total. The minimum atomic E-state index is 0.786. The first-order valence-electron chi connectivity index (χ1n) is 4.72. The Morgan fingerprint density at radius 2 is 1.92 bits per heavy atom. The molecule has 0 spiro atoms. The van der Waals surface area contributed by atoms with Gasteiger partial charge in [-0.05, 0) is 36.8 Å². The van der Waals surface area contributed by atoms with Crippen LogP contribution in [0.2, 0.25) is 0 Å². The first kappa shape index (κ1) is 7.85. The molecule has 12 heavy (non-hydrogen) atoms. The number of hydrogen-bond acceptors (Lipinski definition) is 0. The van der Waals surface area contributed by atoms with Crippen LogP contribution in [0, 0.1) is 6.92 Å². The molecule has 0 bridgehead atoms. The van der Waals surface area contributed by atoms with Crippen molar-refractivity contribution in [2.24, 2.45) is 0 Å². The second-order valence-corrected chi connectivity index (χ2v) is 3.65. The van der Waals surface area contributed by atoms with Gasteiger partial charge in [0.25, 0.3) is 0 Å². The smallest absolute Gasteiger partial charge is 0.00119 e. The van der Waals surface area contributed by atoms with Gasteiger partial charge >= 0.3 is 0 Å². The van der Waals surface area contributed by atoms with Crippen molar-refractivity contribution in [3.05, 3.63) is 42.3 Å². The molecule has 2 radical (unpaired) electrons. The molecule has 0 N–H and O–H groups in total. The van der Waals surface area contributed by atoms with Gasteiger partial charge in [0.15, 0.2) is 0 Å². The van der Waals surface area contributed by atoms with Gasteiger partial charge in [-0.1, -0.05) is 37.1 Å². The molecule has 0 aromatic heterocycles. The molecule has 0 heterocycles.